The van der Waals surface area contributed by atoms with E-state index in [-0.39, 0.29) is 16.9 Å². The van der Waals surface area contributed by atoms with Crippen molar-refractivity contribution in [3.05, 3.63) is 22.7 Å². The maximum atomic E-state index is 12.1. The van der Waals surface area contributed by atoms with Crippen molar-refractivity contribution in [3.8, 4) is 0 Å². The molecule has 0 radical (unpaired) electrons. The fourth-order valence-electron chi connectivity index (χ4n) is 1.28. The summed E-state index contributed by atoms with van der Waals surface area (Å²) in [6.45, 7) is 7.47. The number of sulfonamides is 1. The van der Waals surface area contributed by atoms with E-state index in [1.165, 1.54) is 12.1 Å². The number of rotatable bonds is 4. The second-order valence-corrected chi connectivity index (χ2v) is 6.89. The minimum atomic E-state index is -3.58. The molecule has 1 atom stereocenters. The normalized spacial score (nSPS) is 13.9. The van der Waals surface area contributed by atoms with Gasteiger partial charge in [-0.1, -0.05) is 25.4 Å². The summed E-state index contributed by atoms with van der Waals surface area (Å²) >= 11 is 5.95. The first kappa shape index (κ1) is 15.3. The van der Waals surface area contributed by atoms with Crippen LogP contribution in [0.1, 0.15) is 26.3 Å². The molecular formula is C12H19ClN2O2S. The Morgan fingerprint density at radius 2 is 1.83 bits per heavy atom. The summed E-state index contributed by atoms with van der Waals surface area (Å²) in [7, 11) is -3.58. The molecule has 1 rings (SSSR count). The van der Waals surface area contributed by atoms with Gasteiger partial charge in [-0.05, 0) is 37.5 Å². The lowest BCUT2D eigenvalue weighted by molar-refractivity contribution is 0.476. The van der Waals surface area contributed by atoms with E-state index in [9.17, 15) is 8.42 Å². The third-order valence-electron chi connectivity index (χ3n) is 3.01. The Labute approximate surface area is 114 Å². The van der Waals surface area contributed by atoms with Crippen LogP contribution in [0.4, 0.5) is 5.69 Å². The van der Waals surface area contributed by atoms with Crippen LogP contribution in [0.2, 0.25) is 5.02 Å². The lowest BCUT2D eigenvalue weighted by Gasteiger charge is -2.18. The van der Waals surface area contributed by atoms with Gasteiger partial charge in [0, 0.05) is 16.8 Å². The third kappa shape index (κ3) is 3.37. The molecule has 0 aliphatic heterocycles. The van der Waals surface area contributed by atoms with E-state index in [0.717, 1.165) is 0 Å². The van der Waals surface area contributed by atoms with E-state index in [1.807, 2.05) is 20.8 Å². The molecule has 0 saturated carbocycles. The van der Waals surface area contributed by atoms with Crippen LogP contribution in [-0.2, 0) is 10.0 Å². The van der Waals surface area contributed by atoms with Crippen LogP contribution in [0.15, 0.2) is 17.0 Å². The molecule has 0 aromatic heterocycles. The summed E-state index contributed by atoms with van der Waals surface area (Å²) in [6.07, 6.45) is 0. The summed E-state index contributed by atoms with van der Waals surface area (Å²) < 4.78 is 26.9. The molecule has 1 unspecified atom stereocenters. The maximum Gasteiger partial charge on any atom is 0.240 e. The second-order valence-electron chi connectivity index (χ2n) is 4.77. The molecule has 0 saturated heterocycles. The van der Waals surface area contributed by atoms with Crippen LogP contribution in [0.3, 0.4) is 0 Å². The zero-order chi connectivity index (χ0) is 14.1. The Balaban J connectivity index is 3.14. The first-order valence-corrected chi connectivity index (χ1v) is 7.59. The Bertz CT molecular complexity index is 518. The van der Waals surface area contributed by atoms with Gasteiger partial charge in [0.2, 0.25) is 10.0 Å². The zero-order valence-corrected chi connectivity index (χ0v) is 12.6. The van der Waals surface area contributed by atoms with Gasteiger partial charge < -0.3 is 5.73 Å². The van der Waals surface area contributed by atoms with Crippen LogP contribution >= 0.6 is 11.6 Å². The van der Waals surface area contributed by atoms with Crippen LogP contribution < -0.4 is 10.5 Å². The van der Waals surface area contributed by atoms with Gasteiger partial charge in [-0.3, -0.25) is 0 Å². The summed E-state index contributed by atoms with van der Waals surface area (Å²) in [6, 6.07) is 2.69. The van der Waals surface area contributed by atoms with Crippen molar-refractivity contribution in [3.63, 3.8) is 0 Å². The van der Waals surface area contributed by atoms with Crippen molar-refractivity contribution >= 4 is 27.3 Å². The molecule has 0 bridgehead atoms. The van der Waals surface area contributed by atoms with E-state index in [0.29, 0.717) is 16.3 Å². The highest BCUT2D eigenvalue weighted by Gasteiger charge is 2.20. The molecule has 1 aromatic rings. The molecule has 102 valence electrons. The number of nitrogen functional groups attached to an aromatic ring is 1. The zero-order valence-electron chi connectivity index (χ0n) is 11.0. The minimum absolute atomic E-state index is 0.100. The van der Waals surface area contributed by atoms with Crippen LogP contribution in [0.25, 0.3) is 0 Å². The summed E-state index contributed by atoms with van der Waals surface area (Å²) in [4.78, 5) is 0.100. The van der Waals surface area contributed by atoms with Crippen molar-refractivity contribution in [1.29, 1.82) is 0 Å². The van der Waals surface area contributed by atoms with Gasteiger partial charge in [0.1, 0.15) is 0 Å². The molecule has 3 N–H and O–H groups in total. The minimum Gasteiger partial charge on any atom is -0.398 e. The second kappa shape index (κ2) is 5.47. The topological polar surface area (TPSA) is 72.2 Å². The fraction of sp³-hybridized carbons (Fsp3) is 0.500. The highest BCUT2D eigenvalue weighted by Crippen LogP contribution is 2.26. The van der Waals surface area contributed by atoms with Gasteiger partial charge in [0.15, 0.2) is 0 Å². The molecule has 18 heavy (non-hydrogen) atoms. The lowest BCUT2D eigenvalue weighted by Crippen LogP contribution is -2.36. The number of benzene rings is 1. The Hall–Kier alpha value is -0.780. The molecule has 0 aliphatic carbocycles. The SMILES string of the molecule is Cc1c(N)cc(S(=O)(=O)NC(C)C(C)C)cc1Cl. The molecular weight excluding hydrogens is 272 g/mol. The summed E-state index contributed by atoms with van der Waals surface area (Å²) in [5.74, 6) is 0.207. The molecule has 1 aromatic carbocycles. The molecule has 4 nitrogen and oxygen atoms in total. The van der Waals surface area contributed by atoms with Gasteiger partial charge >= 0.3 is 0 Å². The van der Waals surface area contributed by atoms with Crippen molar-refractivity contribution < 1.29 is 8.42 Å². The lowest BCUT2D eigenvalue weighted by atomic mass is 10.1. The average molecular weight is 291 g/mol. The van der Waals surface area contributed by atoms with Gasteiger partial charge in [0.25, 0.3) is 0 Å². The van der Waals surface area contributed by atoms with Gasteiger partial charge in [-0.15, -0.1) is 0 Å². The number of nitrogens with two attached hydrogens (primary N) is 1. The largest absolute Gasteiger partial charge is 0.398 e. The van der Waals surface area contributed by atoms with Crippen LogP contribution in [0.5, 0.6) is 0 Å². The molecule has 6 heteroatoms. The standard InChI is InChI=1S/C12H19ClN2O2S/c1-7(2)9(4)15-18(16,17)10-5-11(13)8(3)12(14)6-10/h5-7,9,15H,14H2,1-4H3. The van der Waals surface area contributed by atoms with Crippen LogP contribution in [-0.4, -0.2) is 14.5 Å². The van der Waals surface area contributed by atoms with Gasteiger partial charge in [-0.2, -0.15) is 0 Å². The van der Waals surface area contributed by atoms with E-state index in [4.69, 9.17) is 17.3 Å². The molecule has 0 aliphatic rings. The number of halogens is 1. The monoisotopic (exact) mass is 290 g/mol. The Morgan fingerprint density at radius 1 is 1.28 bits per heavy atom. The maximum absolute atomic E-state index is 12.1. The molecule has 0 spiro atoms. The van der Waals surface area contributed by atoms with Crippen LogP contribution in [0, 0.1) is 12.8 Å². The molecule has 0 amide bonds. The van der Waals surface area contributed by atoms with E-state index in [2.05, 4.69) is 4.72 Å². The number of hydrogen-bond acceptors (Lipinski definition) is 3. The Morgan fingerprint density at radius 3 is 2.28 bits per heavy atom. The van der Waals surface area contributed by atoms with Crippen molar-refractivity contribution in [2.24, 2.45) is 5.92 Å². The average Bonchev–Trinajstić information content (AvgIpc) is 2.24. The third-order valence-corrected chi connectivity index (χ3v) is 4.94. The first-order valence-electron chi connectivity index (χ1n) is 5.73. The quantitative estimate of drug-likeness (QED) is 0.837. The number of nitrogens with one attached hydrogen (secondary N) is 1. The smallest absolute Gasteiger partial charge is 0.240 e. The van der Waals surface area contributed by atoms with Gasteiger partial charge in [0.05, 0.1) is 4.90 Å². The highest BCUT2D eigenvalue weighted by molar-refractivity contribution is 7.89. The predicted octanol–water partition coefficient (Wildman–Crippen LogP) is 2.55. The summed E-state index contributed by atoms with van der Waals surface area (Å²) in [5, 5.41) is 0.354. The van der Waals surface area contributed by atoms with Crippen molar-refractivity contribution in [2.75, 3.05) is 5.73 Å². The summed E-state index contributed by atoms with van der Waals surface area (Å²) in [5.41, 5.74) is 6.79. The first-order chi connectivity index (χ1) is 8.15. The molecule has 0 heterocycles. The van der Waals surface area contributed by atoms with Gasteiger partial charge in [-0.25, -0.2) is 13.1 Å². The van der Waals surface area contributed by atoms with E-state index in [1.54, 1.807) is 6.92 Å². The number of hydrogen-bond donors (Lipinski definition) is 2. The van der Waals surface area contributed by atoms with Crippen molar-refractivity contribution in [1.82, 2.24) is 4.72 Å². The predicted molar refractivity (Wildman–Crippen MR) is 75.2 cm³/mol. The number of anilines is 1. The van der Waals surface area contributed by atoms with Crippen molar-refractivity contribution in [2.45, 2.75) is 38.6 Å². The van der Waals surface area contributed by atoms with E-state index >= 15 is 0 Å². The fourth-order valence-corrected chi connectivity index (χ4v) is 3.02. The van der Waals surface area contributed by atoms with E-state index < -0.39 is 10.0 Å². The highest BCUT2D eigenvalue weighted by atomic mass is 35.5. The Kier molecular flexibility index (Phi) is 4.64. The molecule has 0 fully saturated rings.